The monoisotopic (exact) mass is 388 g/mol. The highest BCUT2D eigenvalue weighted by Crippen LogP contribution is 2.26. The number of hydrogen-bond donors (Lipinski definition) is 0. The fraction of sp³-hybridized carbons (Fsp3) is 0.429. The summed E-state index contributed by atoms with van der Waals surface area (Å²) in [5, 5.41) is 4.93. The Morgan fingerprint density at radius 3 is 2.54 bits per heavy atom. The van der Waals surface area contributed by atoms with E-state index in [1.807, 2.05) is 18.2 Å². The van der Waals surface area contributed by atoms with Crippen LogP contribution in [0.25, 0.3) is 11.5 Å². The van der Waals surface area contributed by atoms with E-state index >= 15 is 0 Å². The molecule has 0 amide bonds. The van der Waals surface area contributed by atoms with E-state index < -0.39 is 10.0 Å². The molecule has 1 aromatic heterocycles. The van der Waals surface area contributed by atoms with E-state index in [2.05, 4.69) is 10.00 Å². The summed E-state index contributed by atoms with van der Waals surface area (Å²) >= 11 is 11.4. The Morgan fingerprint density at radius 1 is 1.25 bits per heavy atom. The van der Waals surface area contributed by atoms with Crippen LogP contribution in [0.15, 0.2) is 28.7 Å². The molecule has 1 aromatic carbocycles. The molecule has 2 heterocycles. The number of halogens is 1. The summed E-state index contributed by atoms with van der Waals surface area (Å²) in [6, 6.07) is 7.26. The summed E-state index contributed by atoms with van der Waals surface area (Å²) in [5.41, 5.74) is 0.686. The maximum Gasteiger partial charge on any atom is 0.288 e. The molecule has 0 bridgehead atoms. The van der Waals surface area contributed by atoms with E-state index in [1.54, 1.807) is 10.7 Å². The van der Waals surface area contributed by atoms with Gasteiger partial charge >= 0.3 is 0 Å². The van der Waals surface area contributed by atoms with Gasteiger partial charge in [0.05, 0.1) is 23.5 Å². The Bertz CT molecular complexity index is 885. The molecule has 0 radical (unpaired) electrons. The van der Waals surface area contributed by atoms with Gasteiger partial charge in [0.2, 0.25) is 15.9 Å². The molecular weight excluding hydrogens is 372 g/mol. The molecule has 0 N–H and O–H groups in total. The first-order chi connectivity index (χ1) is 11.3. The molecule has 1 fully saturated rings. The highest BCUT2D eigenvalue weighted by Gasteiger charge is 2.24. The molecule has 0 saturated carbocycles. The third kappa shape index (κ3) is 3.86. The van der Waals surface area contributed by atoms with Crippen molar-refractivity contribution in [3.63, 3.8) is 0 Å². The topological polar surface area (TPSA) is 71.6 Å². The van der Waals surface area contributed by atoms with Crippen LogP contribution < -0.4 is 0 Å². The molecule has 24 heavy (non-hydrogen) atoms. The van der Waals surface area contributed by atoms with Gasteiger partial charge in [-0.2, -0.15) is 4.31 Å². The van der Waals surface area contributed by atoms with Crippen LogP contribution in [0.4, 0.5) is 0 Å². The number of aromatic nitrogens is 2. The van der Waals surface area contributed by atoms with E-state index in [9.17, 15) is 8.42 Å². The van der Waals surface area contributed by atoms with E-state index in [0.29, 0.717) is 49.3 Å². The lowest BCUT2D eigenvalue weighted by atomic mass is 10.2. The minimum atomic E-state index is -3.14. The third-order valence-electron chi connectivity index (χ3n) is 3.84. The second-order valence-corrected chi connectivity index (χ2v) is 8.31. The average Bonchev–Trinajstić information content (AvgIpc) is 2.88. The van der Waals surface area contributed by atoms with Crippen LogP contribution in [0.2, 0.25) is 5.02 Å². The highest BCUT2D eigenvalue weighted by atomic mass is 35.5. The van der Waals surface area contributed by atoms with E-state index in [0.717, 1.165) is 0 Å². The van der Waals surface area contributed by atoms with Gasteiger partial charge in [-0.15, -0.1) is 5.10 Å². The molecule has 2 aromatic rings. The maximum absolute atomic E-state index is 11.5. The van der Waals surface area contributed by atoms with Gasteiger partial charge in [0.25, 0.3) is 4.84 Å². The first-order valence-corrected chi connectivity index (χ1v) is 9.98. The summed E-state index contributed by atoms with van der Waals surface area (Å²) in [6.07, 6.45) is 1.23. The van der Waals surface area contributed by atoms with Crippen LogP contribution in [0.3, 0.4) is 0 Å². The fourth-order valence-corrected chi connectivity index (χ4v) is 3.75. The number of hydrogen-bond acceptors (Lipinski definition) is 6. The van der Waals surface area contributed by atoms with Gasteiger partial charge in [0.1, 0.15) is 0 Å². The van der Waals surface area contributed by atoms with Gasteiger partial charge in [-0.25, -0.2) is 13.1 Å². The molecule has 1 aliphatic heterocycles. The van der Waals surface area contributed by atoms with Crippen molar-refractivity contribution in [3.8, 4) is 11.5 Å². The standard InChI is InChI=1S/C14H17ClN4O3S2/c1-24(20,21)18-8-6-17(7-9-18)10-19-14(23)22-13(16-19)11-4-2-3-5-12(11)15/h2-5H,6-10H2,1H3. The van der Waals surface area contributed by atoms with Crippen molar-refractivity contribution in [1.29, 1.82) is 0 Å². The smallest absolute Gasteiger partial charge is 0.288 e. The average molecular weight is 389 g/mol. The van der Waals surface area contributed by atoms with E-state index in [4.69, 9.17) is 28.2 Å². The predicted octanol–water partition coefficient (Wildman–Crippen LogP) is 2.06. The van der Waals surface area contributed by atoms with Crippen LogP contribution in [-0.2, 0) is 16.7 Å². The second-order valence-electron chi connectivity index (χ2n) is 5.57. The Morgan fingerprint density at radius 2 is 1.92 bits per heavy atom. The Kier molecular flexibility index (Phi) is 5.07. The number of rotatable bonds is 4. The van der Waals surface area contributed by atoms with Crippen molar-refractivity contribution in [2.75, 3.05) is 32.4 Å². The van der Waals surface area contributed by atoms with Crippen LogP contribution >= 0.6 is 23.8 Å². The lowest BCUT2D eigenvalue weighted by Gasteiger charge is -2.32. The van der Waals surface area contributed by atoms with Crippen molar-refractivity contribution in [2.24, 2.45) is 0 Å². The molecular formula is C14H17ClN4O3S2. The molecule has 0 spiro atoms. The zero-order valence-electron chi connectivity index (χ0n) is 13.1. The molecule has 3 rings (SSSR count). The van der Waals surface area contributed by atoms with Gasteiger partial charge in [-0.05, 0) is 24.4 Å². The number of piperazine rings is 1. The molecule has 7 nitrogen and oxygen atoms in total. The van der Waals surface area contributed by atoms with Crippen molar-refractivity contribution >= 4 is 33.8 Å². The Balaban J connectivity index is 1.72. The van der Waals surface area contributed by atoms with Crippen LogP contribution in [-0.4, -0.2) is 59.8 Å². The van der Waals surface area contributed by atoms with Gasteiger partial charge in [-0.1, -0.05) is 23.7 Å². The Hall–Kier alpha value is -1.26. The summed E-state index contributed by atoms with van der Waals surface area (Å²) in [5.74, 6) is 0.375. The summed E-state index contributed by atoms with van der Waals surface area (Å²) < 4.78 is 31.7. The van der Waals surface area contributed by atoms with Gasteiger partial charge in [0.15, 0.2) is 0 Å². The molecule has 130 valence electrons. The maximum atomic E-state index is 11.5. The molecule has 0 atom stereocenters. The van der Waals surface area contributed by atoms with Crippen molar-refractivity contribution in [1.82, 2.24) is 19.0 Å². The normalized spacial score (nSPS) is 17.2. The minimum Gasteiger partial charge on any atom is -0.409 e. The largest absolute Gasteiger partial charge is 0.409 e. The van der Waals surface area contributed by atoms with Crippen molar-refractivity contribution in [3.05, 3.63) is 34.1 Å². The quantitative estimate of drug-likeness (QED) is 0.746. The zero-order valence-corrected chi connectivity index (χ0v) is 15.4. The van der Waals surface area contributed by atoms with Crippen LogP contribution in [0.1, 0.15) is 0 Å². The first-order valence-electron chi connectivity index (χ1n) is 7.35. The molecule has 10 heteroatoms. The third-order valence-corrected chi connectivity index (χ3v) is 5.77. The molecule has 0 aliphatic carbocycles. The van der Waals surface area contributed by atoms with Crippen molar-refractivity contribution < 1.29 is 12.8 Å². The minimum absolute atomic E-state index is 0.260. The molecule has 0 unspecified atom stereocenters. The number of benzene rings is 1. The lowest BCUT2D eigenvalue weighted by Crippen LogP contribution is -2.48. The summed E-state index contributed by atoms with van der Waals surface area (Å²) in [4.78, 5) is 2.34. The van der Waals surface area contributed by atoms with Crippen molar-refractivity contribution in [2.45, 2.75) is 6.67 Å². The second kappa shape index (κ2) is 6.93. The molecule has 1 aliphatic rings. The SMILES string of the molecule is CS(=O)(=O)N1CCN(Cn2nc(-c3ccccc3Cl)oc2=S)CC1. The lowest BCUT2D eigenvalue weighted by molar-refractivity contribution is 0.144. The summed E-state index contributed by atoms with van der Waals surface area (Å²) in [7, 11) is -3.14. The van der Waals surface area contributed by atoms with Gasteiger partial charge < -0.3 is 4.42 Å². The van der Waals surface area contributed by atoms with Gasteiger partial charge in [-0.3, -0.25) is 4.90 Å². The first kappa shape index (κ1) is 17.6. The van der Waals surface area contributed by atoms with E-state index in [1.165, 1.54) is 10.6 Å². The van der Waals surface area contributed by atoms with Crippen LogP contribution in [0.5, 0.6) is 0 Å². The molecule has 1 saturated heterocycles. The zero-order chi connectivity index (χ0) is 17.3. The van der Waals surface area contributed by atoms with Crippen LogP contribution in [0, 0.1) is 4.84 Å². The van der Waals surface area contributed by atoms with Gasteiger partial charge in [0, 0.05) is 26.2 Å². The number of nitrogens with zero attached hydrogens (tertiary/aromatic N) is 4. The summed E-state index contributed by atoms with van der Waals surface area (Å²) in [6.45, 7) is 2.60. The fourth-order valence-electron chi connectivity index (χ4n) is 2.53. The predicted molar refractivity (Wildman–Crippen MR) is 93.8 cm³/mol. The highest BCUT2D eigenvalue weighted by molar-refractivity contribution is 7.88. The van der Waals surface area contributed by atoms with E-state index in [-0.39, 0.29) is 4.84 Å². The Labute approximate surface area is 150 Å². The number of sulfonamides is 1.